The van der Waals surface area contributed by atoms with Gasteiger partial charge in [-0.05, 0) is 56.3 Å². The summed E-state index contributed by atoms with van der Waals surface area (Å²) >= 11 is 0. The molecule has 0 aliphatic heterocycles. The van der Waals surface area contributed by atoms with Gasteiger partial charge >= 0.3 is 0 Å². The predicted octanol–water partition coefficient (Wildman–Crippen LogP) is 5.48. The lowest BCUT2D eigenvalue weighted by Crippen LogP contribution is -2.49. The van der Waals surface area contributed by atoms with Crippen molar-refractivity contribution < 1.29 is 8.78 Å². The molecule has 4 aliphatic carbocycles. The number of alkyl halides is 2. The minimum absolute atomic E-state index is 0.0656. The molecule has 4 aliphatic rings. The van der Waals surface area contributed by atoms with E-state index < -0.39 is 6.43 Å². The van der Waals surface area contributed by atoms with Crippen LogP contribution in [0.2, 0.25) is 0 Å². The maximum atomic E-state index is 13.8. The van der Waals surface area contributed by atoms with E-state index in [-0.39, 0.29) is 11.1 Å². The van der Waals surface area contributed by atoms with E-state index in [9.17, 15) is 8.78 Å². The van der Waals surface area contributed by atoms with Gasteiger partial charge in [0, 0.05) is 16.5 Å². The van der Waals surface area contributed by atoms with Crippen LogP contribution in [0.3, 0.4) is 0 Å². The molecule has 2 aromatic rings. The van der Waals surface area contributed by atoms with Crippen LogP contribution < -0.4 is 0 Å². The van der Waals surface area contributed by atoms with Crippen LogP contribution in [0, 0.1) is 17.8 Å². The smallest absolute Gasteiger partial charge is 0.276 e. The lowest BCUT2D eigenvalue weighted by Gasteiger charge is -2.57. The highest BCUT2D eigenvalue weighted by Gasteiger charge is 2.54. The number of nitrogens with zero attached hydrogens (tertiary/aromatic N) is 1. The number of hydrogen-bond donors (Lipinski definition) is 1. The molecule has 0 radical (unpaired) electrons. The van der Waals surface area contributed by atoms with Gasteiger partial charge in [0.05, 0.1) is 5.69 Å². The molecule has 126 valence electrons. The van der Waals surface area contributed by atoms with E-state index in [2.05, 4.69) is 10.2 Å². The summed E-state index contributed by atoms with van der Waals surface area (Å²) in [4.78, 5) is 0. The van der Waals surface area contributed by atoms with E-state index in [1.165, 1.54) is 19.3 Å². The second-order valence-corrected chi connectivity index (χ2v) is 8.23. The van der Waals surface area contributed by atoms with Gasteiger partial charge in [0.1, 0.15) is 5.69 Å². The Morgan fingerprint density at radius 3 is 2.08 bits per heavy atom. The molecule has 6 rings (SSSR count). The summed E-state index contributed by atoms with van der Waals surface area (Å²) in [7, 11) is 0. The van der Waals surface area contributed by atoms with E-state index in [1.54, 1.807) is 0 Å². The molecule has 1 aromatic carbocycles. The molecule has 0 saturated heterocycles. The van der Waals surface area contributed by atoms with Gasteiger partial charge < -0.3 is 0 Å². The summed E-state index contributed by atoms with van der Waals surface area (Å²) in [5.74, 6) is 2.17. The molecular weight excluding hydrogens is 306 g/mol. The van der Waals surface area contributed by atoms with Crippen LogP contribution >= 0.6 is 0 Å². The van der Waals surface area contributed by atoms with Crippen LogP contribution in [-0.4, -0.2) is 10.2 Å². The predicted molar refractivity (Wildman–Crippen MR) is 88.8 cm³/mol. The van der Waals surface area contributed by atoms with Crippen molar-refractivity contribution in [1.29, 1.82) is 0 Å². The van der Waals surface area contributed by atoms with Gasteiger partial charge in [0.15, 0.2) is 0 Å². The maximum Gasteiger partial charge on any atom is 0.280 e. The van der Waals surface area contributed by atoms with Crippen molar-refractivity contribution in [1.82, 2.24) is 10.2 Å². The largest absolute Gasteiger partial charge is 0.280 e. The van der Waals surface area contributed by atoms with Crippen molar-refractivity contribution in [3.63, 3.8) is 0 Å². The number of hydrogen-bond acceptors (Lipinski definition) is 1. The fourth-order valence-corrected chi connectivity index (χ4v) is 6.27. The highest BCUT2D eigenvalue weighted by atomic mass is 19.3. The molecule has 1 N–H and O–H groups in total. The van der Waals surface area contributed by atoms with Gasteiger partial charge in [-0.15, -0.1) is 0 Å². The number of H-pyrrole nitrogens is 1. The third kappa shape index (κ3) is 2.08. The molecule has 24 heavy (non-hydrogen) atoms. The van der Waals surface area contributed by atoms with Crippen LogP contribution in [0.15, 0.2) is 30.3 Å². The number of aromatic nitrogens is 2. The second-order valence-electron chi connectivity index (χ2n) is 8.23. The zero-order valence-electron chi connectivity index (χ0n) is 13.6. The van der Waals surface area contributed by atoms with E-state index in [0.29, 0.717) is 0 Å². The van der Waals surface area contributed by atoms with Crippen LogP contribution in [0.1, 0.15) is 56.2 Å². The number of aromatic amines is 1. The van der Waals surface area contributed by atoms with Crippen molar-refractivity contribution in [2.24, 2.45) is 17.8 Å². The topological polar surface area (TPSA) is 28.7 Å². The number of benzene rings is 1. The molecule has 1 heterocycles. The molecule has 0 atom stereocenters. The first kappa shape index (κ1) is 14.6. The Bertz CT molecular complexity index is 715. The fourth-order valence-electron chi connectivity index (χ4n) is 6.27. The van der Waals surface area contributed by atoms with E-state index in [4.69, 9.17) is 0 Å². The summed E-state index contributed by atoms with van der Waals surface area (Å²) in [6, 6.07) is 9.82. The molecule has 0 spiro atoms. The number of rotatable bonds is 3. The van der Waals surface area contributed by atoms with Crippen LogP contribution in [0.4, 0.5) is 8.78 Å². The van der Waals surface area contributed by atoms with Gasteiger partial charge in [-0.1, -0.05) is 30.3 Å². The zero-order chi connectivity index (χ0) is 16.3. The number of nitrogens with one attached hydrogen (secondary N) is 1. The summed E-state index contributed by atoms with van der Waals surface area (Å²) in [5.41, 5.74) is 2.52. The van der Waals surface area contributed by atoms with Crippen molar-refractivity contribution >= 4 is 0 Å². The monoisotopic (exact) mass is 328 g/mol. The van der Waals surface area contributed by atoms with Gasteiger partial charge in [-0.2, -0.15) is 5.10 Å². The second kappa shape index (κ2) is 5.14. The zero-order valence-corrected chi connectivity index (χ0v) is 13.6. The Labute approximate surface area is 140 Å². The minimum Gasteiger partial charge on any atom is -0.276 e. The summed E-state index contributed by atoms with van der Waals surface area (Å²) in [5, 5.41) is 7.06. The lowest BCUT2D eigenvalue weighted by molar-refractivity contribution is -0.00684. The van der Waals surface area contributed by atoms with Crippen molar-refractivity contribution in [3.8, 4) is 11.3 Å². The fraction of sp³-hybridized carbons (Fsp3) is 0.550. The average molecular weight is 328 g/mol. The normalized spacial score (nSPS) is 34.2. The Balaban J connectivity index is 1.68. The molecule has 4 bridgehead atoms. The molecular formula is C20H22F2N2. The Kier molecular flexibility index (Phi) is 3.13. The SMILES string of the molecule is FC(F)c1[nH]nc(-c2ccccc2)c1C12CC3CC(CC(C3)C1)C2. The molecule has 0 unspecified atom stereocenters. The van der Waals surface area contributed by atoms with Crippen LogP contribution in [0.5, 0.6) is 0 Å². The van der Waals surface area contributed by atoms with Crippen molar-refractivity contribution in [2.75, 3.05) is 0 Å². The minimum atomic E-state index is -2.49. The maximum absolute atomic E-state index is 13.8. The third-order valence-corrected chi connectivity index (χ3v) is 6.63. The summed E-state index contributed by atoms with van der Waals surface area (Å²) in [6.07, 6.45) is 4.64. The van der Waals surface area contributed by atoms with Gasteiger partial charge in [-0.3, -0.25) is 5.10 Å². The van der Waals surface area contributed by atoms with Crippen LogP contribution in [-0.2, 0) is 5.41 Å². The molecule has 1 aromatic heterocycles. The first-order valence-corrected chi connectivity index (χ1v) is 9.07. The van der Waals surface area contributed by atoms with Crippen molar-refractivity contribution in [3.05, 3.63) is 41.6 Å². The first-order valence-electron chi connectivity index (χ1n) is 9.07. The first-order chi connectivity index (χ1) is 11.6. The van der Waals surface area contributed by atoms with Gasteiger partial charge in [0.25, 0.3) is 6.43 Å². The van der Waals surface area contributed by atoms with Crippen molar-refractivity contribution in [2.45, 2.75) is 50.4 Å². The summed E-state index contributed by atoms with van der Waals surface area (Å²) < 4.78 is 27.5. The standard InChI is InChI=1S/C20H22F2N2/c21-19(22)18-16(17(23-24-18)15-4-2-1-3-5-15)20-9-12-6-13(10-20)8-14(7-12)11-20/h1-5,12-14,19H,6-11H2,(H,23,24). The highest BCUT2D eigenvalue weighted by molar-refractivity contribution is 5.66. The number of halogens is 2. The quantitative estimate of drug-likeness (QED) is 0.794. The molecule has 0 amide bonds. The molecule has 4 heteroatoms. The molecule has 2 nitrogen and oxygen atoms in total. The molecule has 4 saturated carbocycles. The average Bonchev–Trinajstić information content (AvgIpc) is 3.00. The van der Waals surface area contributed by atoms with E-state index in [1.807, 2.05) is 30.3 Å². The Hall–Kier alpha value is -1.71. The van der Waals surface area contributed by atoms with Gasteiger partial charge in [-0.25, -0.2) is 8.78 Å². The third-order valence-electron chi connectivity index (χ3n) is 6.63. The van der Waals surface area contributed by atoms with Gasteiger partial charge in [0.2, 0.25) is 0 Å². The molecule has 4 fully saturated rings. The lowest BCUT2D eigenvalue weighted by atomic mass is 9.47. The summed E-state index contributed by atoms with van der Waals surface area (Å²) in [6.45, 7) is 0. The Morgan fingerprint density at radius 1 is 0.958 bits per heavy atom. The highest BCUT2D eigenvalue weighted by Crippen LogP contribution is 2.62. The van der Waals surface area contributed by atoms with E-state index >= 15 is 0 Å². The van der Waals surface area contributed by atoms with Crippen LogP contribution in [0.25, 0.3) is 11.3 Å². The van der Waals surface area contributed by atoms with E-state index in [0.717, 1.165) is 53.8 Å². The Morgan fingerprint density at radius 2 is 1.54 bits per heavy atom.